The second-order valence-corrected chi connectivity index (χ2v) is 3.45. The SMILES string of the molecule is OCc1[nH]c(=S)n(-c2ccccc2)c1O. The Hall–Kier alpha value is -1.59. The van der Waals surface area contributed by atoms with Crippen LogP contribution in [0.4, 0.5) is 0 Å². The summed E-state index contributed by atoms with van der Waals surface area (Å²) in [7, 11) is 0. The molecule has 2 rings (SSSR count). The van der Waals surface area contributed by atoms with E-state index in [2.05, 4.69) is 4.98 Å². The van der Waals surface area contributed by atoms with Gasteiger partial charge in [-0.2, -0.15) is 0 Å². The van der Waals surface area contributed by atoms with Crippen LogP contribution in [0.5, 0.6) is 5.88 Å². The van der Waals surface area contributed by atoms with Crippen molar-refractivity contribution in [1.29, 1.82) is 0 Å². The third-order valence-electron chi connectivity index (χ3n) is 2.12. The lowest BCUT2D eigenvalue weighted by Crippen LogP contribution is -1.92. The third-order valence-corrected chi connectivity index (χ3v) is 2.40. The predicted octanol–water partition coefficient (Wildman–Crippen LogP) is 1.73. The Morgan fingerprint density at radius 2 is 1.93 bits per heavy atom. The highest BCUT2D eigenvalue weighted by Crippen LogP contribution is 2.21. The van der Waals surface area contributed by atoms with Crippen LogP contribution in [0.1, 0.15) is 5.69 Å². The van der Waals surface area contributed by atoms with Crippen LogP contribution in [0.15, 0.2) is 30.3 Å². The molecule has 0 aliphatic heterocycles. The molecule has 0 aliphatic rings. The minimum Gasteiger partial charge on any atom is -0.493 e. The van der Waals surface area contributed by atoms with E-state index in [-0.39, 0.29) is 12.5 Å². The molecule has 0 amide bonds. The van der Waals surface area contributed by atoms with Crippen molar-refractivity contribution in [3.8, 4) is 11.6 Å². The summed E-state index contributed by atoms with van der Waals surface area (Å²) in [4.78, 5) is 2.74. The first-order chi connectivity index (χ1) is 7.24. The van der Waals surface area contributed by atoms with Crippen molar-refractivity contribution in [3.63, 3.8) is 0 Å². The Balaban J connectivity index is 2.64. The summed E-state index contributed by atoms with van der Waals surface area (Å²) < 4.78 is 1.84. The van der Waals surface area contributed by atoms with Gasteiger partial charge in [-0.15, -0.1) is 0 Å². The van der Waals surface area contributed by atoms with Gasteiger partial charge < -0.3 is 15.2 Å². The number of benzene rings is 1. The number of aromatic nitrogens is 2. The molecule has 78 valence electrons. The first-order valence-electron chi connectivity index (χ1n) is 4.43. The highest BCUT2D eigenvalue weighted by atomic mass is 32.1. The van der Waals surface area contributed by atoms with E-state index in [9.17, 15) is 5.11 Å². The number of hydrogen-bond acceptors (Lipinski definition) is 3. The van der Waals surface area contributed by atoms with Gasteiger partial charge in [0.1, 0.15) is 5.69 Å². The van der Waals surface area contributed by atoms with E-state index in [0.29, 0.717) is 10.5 Å². The maximum Gasteiger partial charge on any atom is 0.220 e. The van der Waals surface area contributed by atoms with Gasteiger partial charge in [0.15, 0.2) is 4.77 Å². The van der Waals surface area contributed by atoms with E-state index in [0.717, 1.165) is 5.69 Å². The van der Waals surface area contributed by atoms with Crippen molar-refractivity contribution in [3.05, 3.63) is 40.8 Å². The molecule has 3 N–H and O–H groups in total. The number of H-pyrrole nitrogens is 1. The molecule has 5 heteroatoms. The molecule has 0 atom stereocenters. The van der Waals surface area contributed by atoms with Gasteiger partial charge in [0.05, 0.1) is 12.3 Å². The molecule has 15 heavy (non-hydrogen) atoms. The largest absolute Gasteiger partial charge is 0.493 e. The van der Waals surface area contributed by atoms with E-state index in [1.165, 1.54) is 4.57 Å². The highest BCUT2D eigenvalue weighted by Gasteiger charge is 2.10. The summed E-state index contributed by atoms with van der Waals surface area (Å²) in [5, 5.41) is 18.7. The van der Waals surface area contributed by atoms with Gasteiger partial charge >= 0.3 is 0 Å². The van der Waals surface area contributed by atoms with Crippen molar-refractivity contribution in [2.45, 2.75) is 6.61 Å². The lowest BCUT2D eigenvalue weighted by atomic mass is 10.3. The minimum atomic E-state index is -0.269. The van der Waals surface area contributed by atoms with Crippen molar-refractivity contribution >= 4 is 12.2 Å². The number of aliphatic hydroxyl groups excluding tert-OH is 1. The van der Waals surface area contributed by atoms with Crippen LogP contribution in [0.3, 0.4) is 0 Å². The first kappa shape index (κ1) is 9.95. The predicted molar refractivity (Wildman–Crippen MR) is 58.5 cm³/mol. The van der Waals surface area contributed by atoms with Crippen LogP contribution in [0.2, 0.25) is 0 Å². The fraction of sp³-hybridized carbons (Fsp3) is 0.100. The number of nitrogens with zero attached hydrogens (tertiary/aromatic N) is 1. The molecule has 0 saturated heterocycles. The van der Waals surface area contributed by atoms with Crippen LogP contribution >= 0.6 is 12.2 Å². The summed E-state index contributed by atoms with van der Waals surface area (Å²) >= 11 is 5.04. The molecule has 2 aromatic rings. The van der Waals surface area contributed by atoms with Crippen molar-refractivity contribution in [2.75, 3.05) is 0 Å². The summed E-state index contributed by atoms with van der Waals surface area (Å²) in [5.74, 6) is -0.0475. The van der Waals surface area contributed by atoms with Crippen LogP contribution in [0, 0.1) is 4.77 Å². The summed E-state index contributed by atoms with van der Waals surface area (Å²) in [6.45, 7) is -0.269. The van der Waals surface area contributed by atoms with Gasteiger partial charge in [0.25, 0.3) is 0 Å². The maximum atomic E-state index is 9.77. The Morgan fingerprint density at radius 1 is 1.27 bits per heavy atom. The smallest absolute Gasteiger partial charge is 0.220 e. The third kappa shape index (κ3) is 1.67. The molecule has 0 bridgehead atoms. The second kappa shape index (κ2) is 3.88. The molecule has 0 radical (unpaired) electrons. The van der Waals surface area contributed by atoms with E-state index >= 15 is 0 Å². The van der Waals surface area contributed by atoms with Crippen molar-refractivity contribution in [2.24, 2.45) is 0 Å². The van der Waals surface area contributed by atoms with E-state index in [4.69, 9.17) is 17.3 Å². The minimum absolute atomic E-state index is 0.0475. The first-order valence-corrected chi connectivity index (χ1v) is 4.84. The van der Waals surface area contributed by atoms with E-state index in [1.807, 2.05) is 30.3 Å². The summed E-state index contributed by atoms with van der Waals surface area (Å²) in [6, 6.07) is 9.23. The Bertz CT molecular complexity index is 516. The number of para-hydroxylation sites is 1. The van der Waals surface area contributed by atoms with Crippen LogP contribution in [0.25, 0.3) is 5.69 Å². The van der Waals surface area contributed by atoms with Gasteiger partial charge in [0.2, 0.25) is 5.88 Å². The fourth-order valence-electron chi connectivity index (χ4n) is 1.40. The molecule has 0 aliphatic carbocycles. The lowest BCUT2D eigenvalue weighted by molar-refractivity contribution is 0.270. The van der Waals surface area contributed by atoms with Crippen LogP contribution in [-0.4, -0.2) is 19.8 Å². The standard InChI is InChI=1S/C10H10N2O2S/c13-6-8-9(14)12(10(15)11-8)7-4-2-1-3-5-7/h1-5,13-14H,6H2,(H,11,15). The van der Waals surface area contributed by atoms with E-state index in [1.54, 1.807) is 0 Å². The van der Waals surface area contributed by atoms with Gasteiger partial charge in [-0.05, 0) is 24.4 Å². The molecule has 1 aromatic heterocycles. The van der Waals surface area contributed by atoms with Gasteiger partial charge in [-0.1, -0.05) is 18.2 Å². The molecular formula is C10H10N2O2S. The number of hydrogen-bond donors (Lipinski definition) is 3. The normalized spacial score (nSPS) is 10.5. The highest BCUT2D eigenvalue weighted by molar-refractivity contribution is 7.71. The van der Waals surface area contributed by atoms with Gasteiger partial charge in [0, 0.05) is 0 Å². The number of imidazole rings is 1. The average Bonchev–Trinajstić information content (AvgIpc) is 2.55. The number of aliphatic hydroxyl groups is 1. The van der Waals surface area contributed by atoms with Gasteiger partial charge in [-0.3, -0.25) is 4.57 Å². The maximum absolute atomic E-state index is 9.77. The topological polar surface area (TPSA) is 61.2 Å². The molecule has 0 spiro atoms. The number of aromatic hydroxyl groups is 1. The Labute approximate surface area is 91.4 Å². The quantitative estimate of drug-likeness (QED) is 0.678. The molecule has 1 aromatic carbocycles. The van der Waals surface area contributed by atoms with Crippen LogP contribution in [-0.2, 0) is 6.61 Å². The van der Waals surface area contributed by atoms with Crippen molar-refractivity contribution in [1.82, 2.24) is 9.55 Å². The van der Waals surface area contributed by atoms with Crippen LogP contribution < -0.4 is 0 Å². The second-order valence-electron chi connectivity index (χ2n) is 3.06. The van der Waals surface area contributed by atoms with Gasteiger partial charge in [-0.25, -0.2) is 0 Å². The number of rotatable bonds is 2. The summed E-state index contributed by atoms with van der Waals surface area (Å²) in [6.07, 6.45) is 0. The number of nitrogens with one attached hydrogen (secondary N) is 1. The average molecular weight is 222 g/mol. The molecule has 4 nitrogen and oxygen atoms in total. The zero-order valence-corrected chi connectivity index (χ0v) is 8.66. The molecule has 1 heterocycles. The lowest BCUT2D eigenvalue weighted by Gasteiger charge is -2.03. The van der Waals surface area contributed by atoms with E-state index < -0.39 is 0 Å². The molecule has 0 saturated carbocycles. The number of aromatic amines is 1. The zero-order valence-electron chi connectivity index (χ0n) is 7.84. The molecular weight excluding hydrogens is 212 g/mol. The van der Waals surface area contributed by atoms with Crippen molar-refractivity contribution < 1.29 is 10.2 Å². The zero-order chi connectivity index (χ0) is 10.8. The monoisotopic (exact) mass is 222 g/mol. The summed E-state index contributed by atoms with van der Waals surface area (Å²) in [5.41, 5.74) is 1.08. The fourth-order valence-corrected chi connectivity index (χ4v) is 1.71. The Kier molecular flexibility index (Phi) is 2.57. The molecule has 0 fully saturated rings. The Morgan fingerprint density at radius 3 is 2.47 bits per heavy atom. The molecule has 0 unspecified atom stereocenters.